The van der Waals surface area contributed by atoms with Crippen LogP contribution in [0, 0.1) is 0 Å². The van der Waals surface area contributed by atoms with Crippen LogP contribution in [0.25, 0.3) is 11.8 Å². The molecule has 104 valence electrons. The number of hydrogen-bond donors (Lipinski definition) is 2. The Morgan fingerprint density at radius 1 is 1.45 bits per heavy atom. The fraction of sp³-hybridized carbons (Fsp3) is 0.235. The molecule has 1 aromatic rings. The molecule has 0 unspecified atom stereocenters. The van der Waals surface area contributed by atoms with Gasteiger partial charge in [0.25, 0.3) is 0 Å². The molecule has 3 heteroatoms. The molecule has 0 saturated heterocycles. The van der Waals surface area contributed by atoms with Crippen molar-refractivity contribution in [1.82, 2.24) is 4.98 Å². The number of nitrogens with zero attached hydrogens (tertiary/aromatic N) is 1. The van der Waals surface area contributed by atoms with Gasteiger partial charge in [0, 0.05) is 11.4 Å². The molecular formula is C17H21N3. The van der Waals surface area contributed by atoms with Gasteiger partial charge < -0.3 is 11.1 Å². The molecule has 0 radical (unpaired) electrons. The number of anilines is 1. The number of rotatable bonds is 4. The van der Waals surface area contributed by atoms with Crippen molar-refractivity contribution < 1.29 is 0 Å². The van der Waals surface area contributed by atoms with E-state index in [2.05, 4.69) is 23.0 Å². The van der Waals surface area contributed by atoms with Crippen LogP contribution in [0.3, 0.4) is 0 Å². The predicted molar refractivity (Wildman–Crippen MR) is 86.1 cm³/mol. The van der Waals surface area contributed by atoms with Crippen molar-refractivity contribution in [2.45, 2.75) is 26.7 Å². The number of allylic oxidation sites excluding steroid dienone is 4. The van der Waals surface area contributed by atoms with E-state index >= 15 is 0 Å². The van der Waals surface area contributed by atoms with Crippen molar-refractivity contribution in [2.75, 3.05) is 5.32 Å². The first-order valence-electron chi connectivity index (χ1n) is 6.83. The number of hydrogen-bond acceptors (Lipinski definition) is 3. The van der Waals surface area contributed by atoms with Crippen molar-refractivity contribution in [3.8, 4) is 0 Å². The molecule has 3 nitrogen and oxygen atoms in total. The first-order valence-corrected chi connectivity index (χ1v) is 6.83. The Kier molecular flexibility index (Phi) is 4.41. The first-order chi connectivity index (χ1) is 9.60. The molecule has 0 fully saturated rings. The summed E-state index contributed by atoms with van der Waals surface area (Å²) in [5.41, 5.74) is 8.84. The molecule has 3 N–H and O–H groups in total. The Balaban J connectivity index is 2.24. The molecule has 0 amide bonds. The van der Waals surface area contributed by atoms with Gasteiger partial charge in [0.1, 0.15) is 5.82 Å². The van der Waals surface area contributed by atoms with Crippen molar-refractivity contribution in [3.05, 3.63) is 58.8 Å². The average molecular weight is 267 g/mol. The monoisotopic (exact) mass is 267 g/mol. The van der Waals surface area contributed by atoms with Gasteiger partial charge in [-0.2, -0.15) is 0 Å². The second kappa shape index (κ2) is 6.24. The minimum Gasteiger partial charge on any atom is -0.400 e. The summed E-state index contributed by atoms with van der Waals surface area (Å²) in [5, 5.41) is 5.21. The van der Waals surface area contributed by atoms with E-state index in [1.54, 1.807) is 0 Å². The molecule has 0 bridgehead atoms. The van der Waals surface area contributed by atoms with Crippen LogP contribution >= 0.6 is 0 Å². The summed E-state index contributed by atoms with van der Waals surface area (Å²) >= 11 is 0. The first kappa shape index (κ1) is 14.1. The Bertz CT molecular complexity index is 693. The molecule has 1 aliphatic rings. The molecule has 20 heavy (non-hydrogen) atoms. The summed E-state index contributed by atoms with van der Waals surface area (Å²) in [4.78, 5) is 4.58. The zero-order chi connectivity index (χ0) is 14.5. The predicted octanol–water partition coefficient (Wildman–Crippen LogP) is 2.17. The van der Waals surface area contributed by atoms with E-state index in [1.165, 1.54) is 0 Å². The van der Waals surface area contributed by atoms with Gasteiger partial charge in [0.05, 0.1) is 5.35 Å². The summed E-state index contributed by atoms with van der Waals surface area (Å²) in [6, 6.07) is 4.00. The lowest BCUT2D eigenvalue weighted by atomic mass is 10.1. The third-order valence-electron chi connectivity index (χ3n) is 3.13. The maximum absolute atomic E-state index is 6.03. The Hall–Kier alpha value is -2.29. The quantitative estimate of drug-likeness (QED) is 0.822. The molecule has 1 aromatic heterocycles. The zero-order valence-corrected chi connectivity index (χ0v) is 12.1. The molecule has 1 aliphatic carbocycles. The van der Waals surface area contributed by atoms with Crippen molar-refractivity contribution in [2.24, 2.45) is 5.73 Å². The summed E-state index contributed by atoms with van der Waals surface area (Å²) in [6.45, 7) is 8.03. The number of pyridine rings is 1. The normalized spacial score (nSPS) is 14.9. The highest BCUT2D eigenvalue weighted by atomic mass is 15.0. The van der Waals surface area contributed by atoms with E-state index in [0.717, 1.165) is 46.2 Å². The summed E-state index contributed by atoms with van der Waals surface area (Å²) < 4.78 is 0. The van der Waals surface area contributed by atoms with Gasteiger partial charge in [0.2, 0.25) is 0 Å². The second-order valence-electron chi connectivity index (χ2n) is 4.94. The number of nitrogens with two attached hydrogens (primary N) is 1. The topological polar surface area (TPSA) is 50.9 Å². The number of nitrogens with one attached hydrogen (secondary N) is 1. The van der Waals surface area contributed by atoms with Gasteiger partial charge in [0.15, 0.2) is 0 Å². The Morgan fingerprint density at radius 3 is 3.00 bits per heavy atom. The maximum atomic E-state index is 6.03. The highest BCUT2D eigenvalue weighted by molar-refractivity contribution is 5.51. The van der Waals surface area contributed by atoms with Crippen LogP contribution in [0.5, 0.6) is 0 Å². The summed E-state index contributed by atoms with van der Waals surface area (Å²) in [7, 11) is 0. The van der Waals surface area contributed by atoms with Crippen LogP contribution in [0.4, 0.5) is 5.82 Å². The maximum Gasteiger partial charge on any atom is 0.131 e. The van der Waals surface area contributed by atoms with Gasteiger partial charge >= 0.3 is 0 Å². The standard InChI is InChI=1S/C17H21N3/c1-4-6-12(2)11-13(3)19-16-10-9-14-7-5-8-15(18)17(14)20-16/h4,6-7,9-11H,3,5,8,18H2,1-2H3,(H,19,20)/b6-4-,12-11-. The lowest BCUT2D eigenvalue weighted by molar-refractivity contribution is 1.02. The van der Waals surface area contributed by atoms with Crippen molar-refractivity contribution >= 4 is 17.6 Å². The SMILES string of the molecule is C=C(/C=C(C)\C=C/C)Nc1ccc2c(n1)=C(N)CCC=2. The molecule has 0 aromatic carbocycles. The zero-order valence-electron chi connectivity index (χ0n) is 12.1. The van der Waals surface area contributed by atoms with E-state index in [1.807, 2.05) is 44.2 Å². The minimum atomic E-state index is 0.775. The largest absolute Gasteiger partial charge is 0.400 e. The Morgan fingerprint density at radius 2 is 2.25 bits per heavy atom. The lowest BCUT2D eigenvalue weighted by Gasteiger charge is -2.09. The van der Waals surface area contributed by atoms with E-state index in [9.17, 15) is 0 Å². The van der Waals surface area contributed by atoms with Crippen molar-refractivity contribution in [3.63, 3.8) is 0 Å². The average Bonchev–Trinajstić information content (AvgIpc) is 2.39. The molecule has 0 saturated carbocycles. The minimum absolute atomic E-state index is 0.775. The van der Waals surface area contributed by atoms with E-state index in [0.29, 0.717) is 0 Å². The van der Waals surface area contributed by atoms with E-state index < -0.39 is 0 Å². The van der Waals surface area contributed by atoms with E-state index in [-0.39, 0.29) is 0 Å². The molecule has 0 aliphatic heterocycles. The summed E-state index contributed by atoms with van der Waals surface area (Å²) in [6.07, 6.45) is 10.1. The number of aromatic nitrogens is 1. The molecular weight excluding hydrogens is 246 g/mol. The van der Waals surface area contributed by atoms with Crippen molar-refractivity contribution in [1.29, 1.82) is 0 Å². The van der Waals surface area contributed by atoms with Gasteiger partial charge in [-0.3, -0.25) is 0 Å². The van der Waals surface area contributed by atoms with Crippen LogP contribution in [-0.4, -0.2) is 4.98 Å². The van der Waals surface area contributed by atoms with Crippen LogP contribution < -0.4 is 21.6 Å². The molecule has 0 atom stereocenters. The van der Waals surface area contributed by atoms with Gasteiger partial charge in [-0.05, 0) is 55.7 Å². The van der Waals surface area contributed by atoms with Gasteiger partial charge in [-0.25, -0.2) is 4.98 Å². The lowest BCUT2D eigenvalue weighted by Crippen LogP contribution is -2.35. The smallest absolute Gasteiger partial charge is 0.131 e. The van der Waals surface area contributed by atoms with Crippen LogP contribution in [0.2, 0.25) is 0 Å². The summed E-state index contributed by atoms with van der Waals surface area (Å²) in [5.74, 6) is 0.775. The fourth-order valence-electron chi connectivity index (χ4n) is 2.25. The van der Waals surface area contributed by atoms with E-state index in [4.69, 9.17) is 5.73 Å². The number of fused-ring (bicyclic) bond motifs is 1. The molecule has 0 spiro atoms. The van der Waals surface area contributed by atoms with Gasteiger partial charge in [-0.15, -0.1) is 0 Å². The molecule has 1 heterocycles. The third-order valence-corrected chi connectivity index (χ3v) is 3.13. The van der Waals surface area contributed by atoms with Crippen LogP contribution in [0.15, 0.2) is 48.2 Å². The van der Waals surface area contributed by atoms with Crippen LogP contribution in [0.1, 0.15) is 26.7 Å². The highest BCUT2D eigenvalue weighted by Crippen LogP contribution is 2.07. The third kappa shape index (κ3) is 3.38. The Labute approximate surface area is 119 Å². The van der Waals surface area contributed by atoms with Crippen LogP contribution in [-0.2, 0) is 0 Å². The second-order valence-corrected chi connectivity index (χ2v) is 4.94. The van der Waals surface area contributed by atoms with Gasteiger partial charge in [-0.1, -0.05) is 24.8 Å². The molecule has 2 rings (SSSR count). The fourth-order valence-corrected chi connectivity index (χ4v) is 2.25. The highest BCUT2D eigenvalue weighted by Gasteiger charge is 2.03.